The minimum Gasteiger partial charge on any atom is -0.314 e. The van der Waals surface area contributed by atoms with E-state index >= 15 is 0 Å². The highest BCUT2D eigenvalue weighted by atomic mass is 19.1. The summed E-state index contributed by atoms with van der Waals surface area (Å²) in [5.74, 6) is -0.362. The minimum absolute atomic E-state index is 0.0391. The number of benzene rings is 1. The Bertz CT molecular complexity index is 417. The first-order chi connectivity index (χ1) is 9.13. The molecule has 2 rings (SSSR count). The van der Waals surface area contributed by atoms with Gasteiger partial charge in [-0.15, -0.1) is 0 Å². The lowest BCUT2D eigenvalue weighted by molar-refractivity contribution is 0.125. The zero-order valence-corrected chi connectivity index (χ0v) is 11.6. The highest BCUT2D eigenvalue weighted by molar-refractivity contribution is 5.23. The smallest absolute Gasteiger partial charge is 0.128 e. The van der Waals surface area contributed by atoms with Crippen molar-refractivity contribution >= 4 is 0 Å². The SMILES string of the molecule is CCC(C)[C@@H](c1cc(F)ccc1F)N1CCNCC1. The summed E-state index contributed by atoms with van der Waals surface area (Å²) in [5.41, 5.74) is 0.497. The van der Waals surface area contributed by atoms with Crippen LogP contribution in [0.1, 0.15) is 31.9 Å². The Kier molecular flexibility index (Phi) is 4.88. The normalized spacial score (nSPS) is 20.2. The zero-order valence-electron chi connectivity index (χ0n) is 11.6. The second-order valence-electron chi connectivity index (χ2n) is 5.28. The first kappa shape index (κ1) is 14.4. The van der Waals surface area contributed by atoms with Crippen LogP contribution in [0.5, 0.6) is 0 Å². The summed E-state index contributed by atoms with van der Waals surface area (Å²) in [6.45, 7) is 7.78. The maximum Gasteiger partial charge on any atom is 0.128 e. The highest BCUT2D eigenvalue weighted by Crippen LogP contribution is 2.32. The van der Waals surface area contributed by atoms with Crippen LogP contribution in [-0.4, -0.2) is 31.1 Å². The number of piperazine rings is 1. The van der Waals surface area contributed by atoms with E-state index in [1.807, 2.05) is 0 Å². The van der Waals surface area contributed by atoms with Crippen LogP contribution in [0.4, 0.5) is 8.78 Å². The minimum atomic E-state index is -0.361. The fourth-order valence-corrected chi connectivity index (χ4v) is 2.79. The van der Waals surface area contributed by atoms with Crippen LogP contribution in [0.2, 0.25) is 0 Å². The molecule has 2 nitrogen and oxygen atoms in total. The Morgan fingerprint density at radius 3 is 2.58 bits per heavy atom. The van der Waals surface area contributed by atoms with E-state index in [0.717, 1.165) is 32.6 Å². The van der Waals surface area contributed by atoms with E-state index in [1.54, 1.807) is 0 Å². The lowest BCUT2D eigenvalue weighted by Gasteiger charge is -2.38. The molecule has 1 heterocycles. The van der Waals surface area contributed by atoms with Crippen molar-refractivity contribution in [3.63, 3.8) is 0 Å². The number of halogens is 2. The summed E-state index contributed by atoms with van der Waals surface area (Å²) >= 11 is 0. The summed E-state index contributed by atoms with van der Waals surface area (Å²) in [4.78, 5) is 2.27. The van der Waals surface area contributed by atoms with E-state index in [1.165, 1.54) is 18.2 Å². The van der Waals surface area contributed by atoms with Gasteiger partial charge in [0.25, 0.3) is 0 Å². The van der Waals surface area contributed by atoms with Crippen molar-refractivity contribution < 1.29 is 8.78 Å². The number of rotatable bonds is 4. The third kappa shape index (κ3) is 3.31. The van der Waals surface area contributed by atoms with Gasteiger partial charge in [0.15, 0.2) is 0 Å². The predicted octanol–water partition coefficient (Wildman–Crippen LogP) is 2.96. The van der Waals surface area contributed by atoms with Crippen LogP contribution < -0.4 is 5.32 Å². The summed E-state index contributed by atoms with van der Waals surface area (Å²) in [6, 6.07) is 3.74. The highest BCUT2D eigenvalue weighted by Gasteiger charge is 2.28. The van der Waals surface area contributed by atoms with Gasteiger partial charge in [-0.2, -0.15) is 0 Å². The largest absolute Gasteiger partial charge is 0.314 e. The zero-order chi connectivity index (χ0) is 13.8. The molecule has 19 heavy (non-hydrogen) atoms. The molecular formula is C15H22F2N2. The third-order valence-electron chi connectivity index (χ3n) is 4.00. The lowest BCUT2D eigenvalue weighted by atomic mass is 9.90. The third-order valence-corrected chi connectivity index (χ3v) is 4.00. The van der Waals surface area contributed by atoms with E-state index in [0.29, 0.717) is 11.5 Å². The molecular weight excluding hydrogens is 246 g/mol. The van der Waals surface area contributed by atoms with Crippen LogP contribution >= 0.6 is 0 Å². The molecule has 0 radical (unpaired) electrons. The van der Waals surface area contributed by atoms with Crippen molar-refractivity contribution in [2.45, 2.75) is 26.3 Å². The van der Waals surface area contributed by atoms with Crippen molar-refractivity contribution in [2.75, 3.05) is 26.2 Å². The standard InChI is InChI=1S/C15H22F2N2/c1-3-11(2)15(19-8-6-18-7-9-19)13-10-12(16)4-5-14(13)17/h4-5,10-11,15,18H,3,6-9H2,1-2H3/t11?,15-/m0/s1. The monoisotopic (exact) mass is 268 g/mol. The van der Waals surface area contributed by atoms with Gasteiger partial charge >= 0.3 is 0 Å². The molecule has 2 atom stereocenters. The van der Waals surface area contributed by atoms with Crippen LogP contribution in [-0.2, 0) is 0 Å². The molecule has 1 aromatic rings. The molecule has 0 saturated carbocycles. The molecule has 0 aliphatic carbocycles. The van der Waals surface area contributed by atoms with Gasteiger partial charge in [-0.1, -0.05) is 20.3 Å². The molecule has 0 spiro atoms. The van der Waals surface area contributed by atoms with E-state index in [-0.39, 0.29) is 17.7 Å². The van der Waals surface area contributed by atoms with Crippen molar-refractivity contribution in [3.8, 4) is 0 Å². The Morgan fingerprint density at radius 1 is 1.26 bits per heavy atom. The summed E-state index contributed by atoms with van der Waals surface area (Å²) in [6.07, 6.45) is 0.949. The number of nitrogens with one attached hydrogen (secondary N) is 1. The molecule has 0 bridgehead atoms. The molecule has 1 saturated heterocycles. The second kappa shape index (κ2) is 6.44. The lowest BCUT2D eigenvalue weighted by Crippen LogP contribution is -2.46. The molecule has 1 N–H and O–H groups in total. The van der Waals surface area contributed by atoms with Gasteiger partial charge in [0.1, 0.15) is 11.6 Å². The molecule has 1 aromatic carbocycles. The second-order valence-corrected chi connectivity index (χ2v) is 5.28. The Hall–Kier alpha value is -1.00. The van der Waals surface area contributed by atoms with Gasteiger partial charge in [-0.25, -0.2) is 8.78 Å². The van der Waals surface area contributed by atoms with Gasteiger partial charge in [0.2, 0.25) is 0 Å². The van der Waals surface area contributed by atoms with Crippen LogP contribution in [0.3, 0.4) is 0 Å². The van der Waals surface area contributed by atoms with Crippen LogP contribution in [0.25, 0.3) is 0 Å². The molecule has 106 valence electrons. The van der Waals surface area contributed by atoms with Crippen molar-refractivity contribution in [2.24, 2.45) is 5.92 Å². The summed E-state index contributed by atoms with van der Waals surface area (Å²) < 4.78 is 27.5. The average molecular weight is 268 g/mol. The Balaban J connectivity index is 2.33. The Morgan fingerprint density at radius 2 is 1.95 bits per heavy atom. The number of hydrogen-bond donors (Lipinski definition) is 1. The molecule has 0 aromatic heterocycles. The van der Waals surface area contributed by atoms with E-state index < -0.39 is 0 Å². The quantitative estimate of drug-likeness (QED) is 0.903. The molecule has 1 fully saturated rings. The average Bonchev–Trinajstić information content (AvgIpc) is 2.44. The van der Waals surface area contributed by atoms with Gasteiger partial charge in [0, 0.05) is 37.8 Å². The maximum absolute atomic E-state index is 14.1. The van der Waals surface area contributed by atoms with Crippen LogP contribution in [0.15, 0.2) is 18.2 Å². The first-order valence-electron chi connectivity index (χ1n) is 7.03. The first-order valence-corrected chi connectivity index (χ1v) is 7.03. The molecule has 1 aliphatic rings. The summed E-state index contributed by atoms with van der Waals surface area (Å²) in [5, 5.41) is 3.29. The number of nitrogens with zero attached hydrogens (tertiary/aromatic N) is 1. The van der Waals surface area contributed by atoms with Gasteiger partial charge in [0.05, 0.1) is 0 Å². The fourth-order valence-electron chi connectivity index (χ4n) is 2.79. The molecule has 1 unspecified atom stereocenters. The number of hydrogen-bond acceptors (Lipinski definition) is 2. The van der Waals surface area contributed by atoms with Crippen LogP contribution in [0, 0.1) is 17.6 Å². The van der Waals surface area contributed by atoms with Crippen molar-refractivity contribution in [1.29, 1.82) is 0 Å². The van der Waals surface area contributed by atoms with E-state index in [2.05, 4.69) is 24.1 Å². The topological polar surface area (TPSA) is 15.3 Å². The molecule has 1 aliphatic heterocycles. The predicted molar refractivity (Wildman–Crippen MR) is 73.0 cm³/mol. The van der Waals surface area contributed by atoms with Gasteiger partial charge < -0.3 is 5.32 Å². The van der Waals surface area contributed by atoms with Gasteiger partial charge in [-0.05, 0) is 24.1 Å². The summed E-state index contributed by atoms with van der Waals surface area (Å²) in [7, 11) is 0. The maximum atomic E-state index is 14.1. The van der Waals surface area contributed by atoms with Crippen molar-refractivity contribution in [3.05, 3.63) is 35.4 Å². The van der Waals surface area contributed by atoms with Crippen molar-refractivity contribution in [1.82, 2.24) is 10.2 Å². The molecule has 0 amide bonds. The Labute approximate surface area is 113 Å². The fraction of sp³-hybridized carbons (Fsp3) is 0.600. The van der Waals surface area contributed by atoms with E-state index in [9.17, 15) is 8.78 Å². The molecule has 4 heteroatoms. The van der Waals surface area contributed by atoms with E-state index in [4.69, 9.17) is 0 Å². The van der Waals surface area contributed by atoms with Gasteiger partial charge in [-0.3, -0.25) is 4.90 Å².